The number of nitrogens with one attached hydrogen (secondary N) is 1. The molecule has 0 aliphatic heterocycles. The monoisotopic (exact) mass is 319 g/mol. The molecular weight excluding hydrogens is 290 g/mol. The summed E-state index contributed by atoms with van der Waals surface area (Å²) in [5.41, 5.74) is 0.876. The van der Waals surface area contributed by atoms with Gasteiger partial charge in [-0.15, -0.1) is 0 Å². The van der Waals surface area contributed by atoms with Gasteiger partial charge in [0.1, 0.15) is 0 Å². The topological polar surface area (TPSA) is 52.7 Å². The summed E-state index contributed by atoms with van der Waals surface area (Å²) in [6.07, 6.45) is 1.36. The van der Waals surface area contributed by atoms with Crippen LogP contribution in [0.15, 0.2) is 30.3 Å². The standard InChI is InChI=1S/C18H29N3O2/c1-4-21(5-2)15-14-19-17(22)12-9-13-18(23)20(3)16-10-7-6-8-11-16/h6-8,10-11H,4-5,9,12-15H2,1-3H3,(H,19,22). The van der Waals surface area contributed by atoms with Gasteiger partial charge in [-0.2, -0.15) is 0 Å². The molecule has 0 atom stereocenters. The summed E-state index contributed by atoms with van der Waals surface area (Å²) in [6, 6.07) is 9.53. The van der Waals surface area contributed by atoms with Crippen molar-refractivity contribution in [1.82, 2.24) is 10.2 Å². The number of hydrogen-bond donors (Lipinski definition) is 1. The van der Waals surface area contributed by atoms with E-state index in [0.717, 1.165) is 25.3 Å². The molecule has 128 valence electrons. The predicted octanol–water partition coefficient (Wildman–Crippen LogP) is 2.28. The fourth-order valence-corrected chi connectivity index (χ4v) is 2.35. The van der Waals surface area contributed by atoms with Gasteiger partial charge in [0.2, 0.25) is 11.8 Å². The van der Waals surface area contributed by atoms with Gasteiger partial charge in [0.15, 0.2) is 0 Å². The van der Waals surface area contributed by atoms with E-state index in [1.807, 2.05) is 30.3 Å². The summed E-state index contributed by atoms with van der Waals surface area (Å²) in [4.78, 5) is 27.8. The van der Waals surface area contributed by atoms with Crippen LogP contribution in [0.4, 0.5) is 5.69 Å². The molecule has 0 saturated carbocycles. The van der Waals surface area contributed by atoms with Crippen LogP contribution in [0.2, 0.25) is 0 Å². The van der Waals surface area contributed by atoms with E-state index in [9.17, 15) is 9.59 Å². The van der Waals surface area contributed by atoms with Crippen LogP contribution in [0.3, 0.4) is 0 Å². The molecule has 0 radical (unpaired) electrons. The Bertz CT molecular complexity index is 472. The normalized spacial score (nSPS) is 10.6. The third kappa shape index (κ3) is 7.28. The molecule has 23 heavy (non-hydrogen) atoms. The summed E-state index contributed by atoms with van der Waals surface area (Å²) in [7, 11) is 1.77. The van der Waals surface area contributed by atoms with Crippen LogP contribution in [-0.2, 0) is 9.59 Å². The highest BCUT2D eigenvalue weighted by Gasteiger charge is 2.11. The quantitative estimate of drug-likeness (QED) is 0.720. The minimum absolute atomic E-state index is 0.0207. The third-order valence-corrected chi connectivity index (χ3v) is 3.96. The van der Waals surface area contributed by atoms with Gasteiger partial charge in [-0.3, -0.25) is 9.59 Å². The zero-order chi connectivity index (χ0) is 17.1. The van der Waals surface area contributed by atoms with Gasteiger partial charge < -0.3 is 15.1 Å². The lowest BCUT2D eigenvalue weighted by atomic mass is 10.2. The van der Waals surface area contributed by atoms with E-state index in [2.05, 4.69) is 24.1 Å². The van der Waals surface area contributed by atoms with E-state index in [1.54, 1.807) is 11.9 Å². The first-order valence-corrected chi connectivity index (χ1v) is 8.39. The Balaban J connectivity index is 2.20. The second kappa shape index (κ2) is 10.8. The van der Waals surface area contributed by atoms with Crippen LogP contribution in [0, 0.1) is 0 Å². The number of anilines is 1. The highest BCUT2D eigenvalue weighted by atomic mass is 16.2. The van der Waals surface area contributed by atoms with Crippen molar-refractivity contribution in [1.29, 1.82) is 0 Å². The van der Waals surface area contributed by atoms with E-state index in [0.29, 0.717) is 25.8 Å². The molecule has 1 aromatic rings. The van der Waals surface area contributed by atoms with E-state index < -0.39 is 0 Å². The first-order chi connectivity index (χ1) is 11.1. The van der Waals surface area contributed by atoms with Crippen LogP contribution in [0.1, 0.15) is 33.1 Å². The van der Waals surface area contributed by atoms with Gasteiger partial charge >= 0.3 is 0 Å². The number of amides is 2. The lowest BCUT2D eigenvalue weighted by Crippen LogP contribution is -2.34. The average molecular weight is 319 g/mol. The molecule has 0 spiro atoms. The number of carbonyl (C=O) groups is 2. The number of benzene rings is 1. The van der Waals surface area contributed by atoms with Crippen LogP contribution in [0.5, 0.6) is 0 Å². The molecule has 1 aromatic carbocycles. The maximum atomic E-state index is 12.1. The van der Waals surface area contributed by atoms with Crippen molar-refractivity contribution in [3.8, 4) is 0 Å². The maximum absolute atomic E-state index is 12.1. The zero-order valence-corrected chi connectivity index (χ0v) is 14.5. The minimum Gasteiger partial charge on any atom is -0.355 e. The van der Waals surface area contributed by atoms with Gasteiger partial charge in [0.25, 0.3) is 0 Å². The molecular formula is C18H29N3O2. The molecule has 1 N–H and O–H groups in total. The molecule has 0 unspecified atom stereocenters. The Hall–Kier alpha value is -1.88. The number of likely N-dealkylation sites (N-methyl/N-ethyl adjacent to an activating group) is 1. The van der Waals surface area contributed by atoms with Crippen LogP contribution in [0.25, 0.3) is 0 Å². The fraction of sp³-hybridized carbons (Fsp3) is 0.556. The second-order valence-electron chi connectivity index (χ2n) is 5.52. The smallest absolute Gasteiger partial charge is 0.226 e. The molecule has 0 bridgehead atoms. The number of rotatable bonds is 10. The number of carbonyl (C=O) groups excluding carboxylic acids is 2. The first-order valence-electron chi connectivity index (χ1n) is 8.39. The van der Waals surface area contributed by atoms with Gasteiger partial charge in [0, 0.05) is 38.7 Å². The molecule has 0 heterocycles. The molecule has 0 aliphatic rings. The second-order valence-corrected chi connectivity index (χ2v) is 5.52. The van der Waals surface area contributed by atoms with Crippen molar-refractivity contribution in [3.05, 3.63) is 30.3 Å². The Labute approximate surface area is 139 Å². The summed E-state index contributed by atoms with van der Waals surface area (Å²) in [5, 5.41) is 2.91. The van der Waals surface area contributed by atoms with Crippen LogP contribution < -0.4 is 10.2 Å². The highest BCUT2D eigenvalue weighted by molar-refractivity contribution is 5.92. The maximum Gasteiger partial charge on any atom is 0.226 e. The van der Waals surface area contributed by atoms with Gasteiger partial charge in [-0.1, -0.05) is 32.0 Å². The van der Waals surface area contributed by atoms with Crippen molar-refractivity contribution in [2.45, 2.75) is 33.1 Å². The zero-order valence-electron chi connectivity index (χ0n) is 14.5. The van der Waals surface area contributed by atoms with E-state index in [1.165, 1.54) is 0 Å². The molecule has 0 fully saturated rings. The Morgan fingerprint density at radius 3 is 2.30 bits per heavy atom. The molecule has 5 heteroatoms. The van der Waals surface area contributed by atoms with E-state index >= 15 is 0 Å². The van der Waals surface area contributed by atoms with E-state index in [4.69, 9.17) is 0 Å². The third-order valence-electron chi connectivity index (χ3n) is 3.96. The lowest BCUT2D eigenvalue weighted by molar-refractivity contribution is -0.121. The predicted molar refractivity (Wildman–Crippen MR) is 94.5 cm³/mol. The summed E-state index contributed by atoms with van der Waals surface area (Å²) < 4.78 is 0. The van der Waals surface area contributed by atoms with Gasteiger partial charge in [-0.05, 0) is 31.6 Å². The van der Waals surface area contributed by atoms with Crippen LogP contribution >= 0.6 is 0 Å². The molecule has 5 nitrogen and oxygen atoms in total. The van der Waals surface area contributed by atoms with Crippen molar-refractivity contribution >= 4 is 17.5 Å². The largest absolute Gasteiger partial charge is 0.355 e. The molecule has 2 amide bonds. The first kappa shape index (κ1) is 19.2. The van der Waals surface area contributed by atoms with Gasteiger partial charge in [-0.25, -0.2) is 0 Å². The highest BCUT2D eigenvalue weighted by Crippen LogP contribution is 2.13. The van der Waals surface area contributed by atoms with Crippen molar-refractivity contribution in [3.63, 3.8) is 0 Å². The molecule has 0 aliphatic carbocycles. The Morgan fingerprint density at radius 1 is 1.04 bits per heavy atom. The number of nitrogens with zero attached hydrogens (tertiary/aromatic N) is 2. The van der Waals surface area contributed by atoms with Crippen LogP contribution in [-0.4, -0.2) is 49.9 Å². The fourth-order valence-electron chi connectivity index (χ4n) is 2.35. The summed E-state index contributed by atoms with van der Waals surface area (Å²) in [5.74, 6) is 0.0551. The number of hydrogen-bond acceptors (Lipinski definition) is 3. The Kier molecular flexibility index (Phi) is 8.98. The summed E-state index contributed by atoms with van der Waals surface area (Å²) in [6.45, 7) is 7.74. The molecule has 1 rings (SSSR count). The minimum atomic E-state index is 0.0207. The van der Waals surface area contributed by atoms with Crippen molar-refractivity contribution < 1.29 is 9.59 Å². The number of para-hydroxylation sites is 1. The van der Waals surface area contributed by atoms with Crippen molar-refractivity contribution in [2.75, 3.05) is 38.1 Å². The Morgan fingerprint density at radius 2 is 1.70 bits per heavy atom. The molecule has 0 aromatic heterocycles. The average Bonchev–Trinajstić information content (AvgIpc) is 2.58. The SMILES string of the molecule is CCN(CC)CCNC(=O)CCCC(=O)N(C)c1ccccc1. The summed E-state index contributed by atoms with van der Waals surface area (Å²) >= 11 is 0. The van der Waals surface area contributed by atoms with Crippen molar-refractivity contribution in [2.24, 2.45) is 0 Å². The van der Waals surface area contributed by atoms with E-state index in [-0.39, 0.29) is 11.8 Å². The van der Waals surface area contributed by atoms with Gasteiger partial charge in [0.05, 0.1) is 0 Å². The lowest BCUT2D eigenvalue weighted by Gasteiger charge is -2.18. The molecule has 0 saturated heterocycles.